The number of primary sulfonamides is 1. The van der Waals surface area contributed by atoms with Crippen molar-refractivity contribution >= 4 is 10.0 Å². The molecule has 0 aliphatic rings. The third-order valence-electron chi connectivity index (χ3n) is 3.50. The SMILES string of the molecule is [2H]C([2H])(c1ccc(OC)c(S(N)(=O)=O)c1)[C@@H](C)NC([2H])([2H])C([2H])([2H])Oc1ccccc1OCC. The van der Waals surface area contributed by atoms with Crippen LogP contribution in [0, 0.1) is 0 Å². The molecule has 0 unspecified atom stereocenters. The summed E-state index contributed by atoms with van der Waals surface area (Å²) in [4.78, 5) is -0.433. The lowest BCUT2D eigenvalue weighted by Crippen LogP contribution is -2.32. The summed E-state index contributed by atoms with van der Waals surface area (Å²) in [6.07, 6.45) is -2.35. The van der Waals surface area contributed by atoms with Gasteiger partial charge in [0.25, 0.3) is 0 Å². The molecule has 0 aromatic heterocycles. The highest BCUT2D eigenvalue weighted by atomic mass is 32.2. The van der Waals surface area contributed by atoms with Crippen LogP contribution in [0.5, 0.6) is 17.2 Å². The van der Waals surface area contributed by atoms with E-state index in [1.165, 1.54) is 32.2 Å². The number of ether oxygens (including phenoxy) is 3. The molecule has 0 radical (unpaired) electrons. The Morgan fingerprint density at radius 1 is 1.14 bits per heavy atom. The molecule has 0 spiro atoms. The minimum atomic E-state index is -4.23. The second-order valence-corrected chi connectivity index (χ2v) is 7.16. The lowest BCUT2D eigenvalue weighted by atomic mass is 10.1. The smallest absolute Gasteiger partial charge is 0.241 e. The minimum Gasteiger partial charge on any atom is -0.495 e. The summed E-state index contributed by atoms with van der Waals surface area (Å²) < 4.78 is 89.2. The number of methoxy groups -OCH3 is 1. The van der Waals surface area contributed by atoms with E-state index in [0.717, 1.165) is 6.07 Å². The van der Waals surface area contributed by atoms with Crippen molar-refractivity contribution in [3.05, 3.63) is 48.0 Å². The molecule has 0 heterocycles. The van der Waals surface area contributed by atoms with E-state index >= 15 is 0 Å². The third kappa shape index (κ3) is 6.40. The molecule has 0 saturated heterocycles. The maximum Gasteiger partial charge on any atom is 0.241 e. The summed E-state index contributed by atoms with van der Waals surface area (Å²) >= 11 is 0. The number of hydrogen-bond acceptors (Lipinski definition) is 6. The van der Waals surface area contributed by atoms with E-state index in [1.807, 2.05) is 0 Å². The summed E-state index contributed by atoms with van der Waals surface area (Å²) in [5, 5.41) is 7.50. The molecule has 0 saturated carbocycles. The predicted octanol–water partition coefficient (Wildman–Crippen LogP) is 2.34. The fourth-order valence-electron chi connectivity index (χ4n) is 2.30. The van der Waals surface area contributed by atoms with Crippen LogP contribution in [0.15, 0.2) is 47.4 Å². The van der Waals surface area contributed by atoms with Crippen molar-refractivity contribution in [1.29, 1.82) is 0 Å². The van der Waals surface area contributed by atoms with Crippen molar-refractivity contribution in [2.75, 3.05) is 26.8 Å². The van der Waals surface area contributed by atoms with Crippen LogP contribution in [-0.4, -0.2) is 41.2 Å². The van der Waals surface area contributed by atoms with E-state index in [4.69, 9.17) is 27.6 Å². The van der Waals surface area contributed by atoms with Crippen LogP contribution in [0.1, 0.15) is 27.6 Å². The molecule has 0 aliphatic carbocycles. The topological polar surface area (TPSA) is 99.9 Å². The second-order valence-electron chi connectivity index (χ2n) is 5.63. The fourth-order valence-corrected chi connectivity index (χ4v) is 3.03. The minimum absolute atomic E-state index is 0.0244. The fraction of sp³-hybridized carbons (Fsp3) is 0.400. The number of hydrogen-bond donors (Lipinski definition) is 2. The van der Waals surface area contributed by atoms with Gasteiger partial charge in [0, 0.05) is 18.0 Å². The van der Waals surface area contributed by atoms with E-state index in [9.17, 15) is 8.42 Å². The van der Waals surface area contributed by atoms with Gasteiger partial charge in [-0.2, -0.15) is 0 Å². The van der Waals surface area contributed by atoms with Gasteiger partial charge in [-0.15, -0.1) is 0 Å². The molecular formula is C20H28N2O5S. The van der Waals surface area contributed by atoms with Gasteiger partial charge < -0.3 is 19.5 Å². The van der Waals surface area contributed by atoms with Crippen molar-refractivity contribution in [1.82, 2.24) is 5.32 Å². The number of nitrogens with two attached hydrogens (primary N) is 1. The van der Waals surface area contributed by atoms with E-state index in [-0.39, 0.29) is 29.4 Å². The molecule has 0 aliphatic heterocycles. The van der Waals surface area contributed by atoms with Crippen molar-refractivity contribution in [2.45, 2.75) is 31.2 Å². The Labute approximate surface area is 175 Å². The Bertz CT molecular complexity index is 1110. The second kappa shape index (κ2) is 10.3. The van der Waals surface area contributed by atoms with E-state index in [0.29, 0.717) is 0 Å². The third-order valence-corrected chi connectivity index (χ3v) is 4.44. The molecule has 154 valence electrons. The molecule has 28 heavy (non-hydrogen) atoms. The summed E-state index contributed by atoms with van der Waals surface area (Å²) in [5.41, 5.74) is -0.128. The zero-order chi connectivity index (χ0) is 25.9. The van der Waals surface area contributed by atoms with Crippen molar-refractivity contribution in [2.24, 2.45) is 5.14 Å². The largest absolute Gasteiger partial charge is 0.495 e. The first kappa shape index (κ1) is 14.7. The van der Waals surface area contributed by atoms with Gasteiger partial charge in [0.1, 0.15) is 17.2 Å². The van der Waals surface area contributed by atoms with E-state index < -0.39 is 40.4 Å². The van der Waals surface area contributed by atoms with Crippen LogP contribution in [0.25, 0.3) is 0 Å². The van der Waals surface area contributed by atoms with Crippen LogP contribution < -0.4 is 24.7 Å². The molecule has 2 aromatic carbocycles. The first-order valence-corrected chi connectivity index (χ1v) is 10.0. The summed E-state index contributed by atoms with van der Waals surface area (Å²) in [6.45, 7) is -2.52. The van der Waals surface area contributed by atoms with Gasteiger partial charge in [0.15, 0.2) is 11.5 Å². The standard InChI is InChI=1S/C20H28N2O5S/c1-4-26-17-7-5-6-8-18(17)27-12-11-22-15(2)13-16-9-10-19(25-3)20(14-16)28(21,23)24/h5-10,14-15,22H,4,11-13H2,1-3H3,(H2,21,23,24)/t15-/m1/s1/i11D2,12D2,13D2. The first-order valence-electron chi connectivity index (χ1n) is 11.5. The van der Waals surface area contributed by atoms with Crippen LogP contribution in [-0.2, 0) is 16.4 Å². The van der Waals surface area contributed by atoms with Crippen LogP contribution in [0.3, 0.4) is 0 Å². The van der Waals surface area contributed by atoms with Gasteiger partial charge in [-0.1, -0.05) is 18.2 Å². The Balaban J connectivity index is 2.33. The number of para-hydroxylation sites is 2. The average molecular weight is 415 g/mol. The highest BCUT2D eigenvalue weighted by molar-refractivity contribution is 7.89. The Hall–Kier alpha value is -2.29. The molecule has 3 N–H and O–H groups in total. The zero-order valence-electron chi connectivity index (χ0n) is 21.9. The predicted molar refractivity (Wildman–Crippen MR) is 109 cm³/mol. The summed E-state index contributed by atoms with van der Waals surface area (Å²) in [5.74, 6) is 0.126. The molecular weight excluding hydrogens is 380 g/mol. The molecule has 0 fully saturated rings. The summed E-state index contributed by atoms with van der Waals surface area (Å²) in [7, 11) is -3.00. The molecule has 0 bridgehead atoms. The summed E-state index contributed by atoms with van der Waals surface area (Å²) in [6, 6.07) is 8.38. The molecule has 0 amide bonds. The number of rotatable bonds is 11. The van der Waals surface area contributed by atoms with Gasteiger partial charge in [-0.05, 0) is 50.0 Å². The Morgan fingerprint density at radius 3 is 2.43 bits per heavy atom. The highest BCUT2D eigenvalue weighted by Gasteiger charge is 2.16. The van der Waals surface area contributed by atoms with Crippen molar-refractivity contribution in [3.8, 4) is 17.2 Å². The number of benzene rings is 2. The lowest BCUT2D eigenvalue weighted by molar-refractivity contribution is 0.272. The molecule has 7 nitrogen and oxygen atoms in total. The van der Waals surface area contributed by atoms with Gasteiger partial charge in [0.2, 0.25) is 10.0 Å². The van der Waals surface area contributed by atoms with Crippen LogP contribution >= 0.6 is 0 Å². The molecule has 2 rings (SSSR count). The molecule has 2 aromatic rings. The number of sulfonamides is 1. The van der Waals surface area contributed by atoms with Crippen LogP contribution in [0.4, 0.5) is 0 Å². The van der Waals surface area contributed by atoms with Gasteiger partial charge >= 0.3 is 0 Å². The maximum atomic E-state index is 11.9. The van der Waals surface area contributed by atoms with Gasteiger partial charge in [-0.25, -0.2) is 13.6 Å². The van der Waals surface area contributed by atoms with E-state index in [1.54, 1.807) is 25.1 Å². The molecule has 1 atom stereocenters. The van der Waals surface area contributed by atoms with E-state index in [2.05, 4.69) is 5.32 Å². The van der Waals surface area contributed by atoms with Crippen molar-refractivity contribution in [3.63, 3.8) is 0 Å². The zero-order valence-corrected chi connectivity index (χ0v) is 16.7. The first-order chi connectivity index (χ1) is 15.6. The average Bonchev–Trinajstić information content (AvgIpc) is 2.73. The van der Waals surface area contributed by atoms with Gasteiger partial charge in [-0.3, -0.25) is 0 Å². The molecule has 8 heteroatoms. The lowest BCUT2D eigenvalue weighted by Gasteiger charge is -2.16. The highest BCUT2D eigenvalue weighted by Crippen LogP contribution is 2.26. The Morgan fingerprint density at radius 2 is 1.82 bits per heavy atom. The van der Waals surface area contributed by atoms with Gasteiger partial charge in [0.05, 0.1) is 16.5 Å². The number of nitrogens with one attached hydrogen (secondary N) is 1. The maximum absolute atomic E-state index is 11.9. The van der Waals surface area contributed by atoms with Crippen molar-refractivity contribution < 1.29 is 30.9 Å². The quantitative estimate of drug-likeness (QED) is 0.585. The normalized spacial score (nSPS) is 17.1. The monoisotopic (exact) mass is 414 g/mol. The van der Waals surface area contributed by atoms with Crippen LogP contribution in [0.2, 0.25) is 0 Å². The Kier molecular flexibility index (Phi) is 5.40.